The summed E-state index contributed by atoms with van der Waals surface area (Å²) in [4.78, 5) is 26.9. The second-order valence-corrected chi connectivity index (χ2v) is 5.56. The first kappa shape index (κ1) is 16.0. The van der Waals surface area contributed by atoms with Gasteiger partial charge < -0.3 is 5.32 Å². The van der Waals surface area contributed by atoms with Crippen LogP contribution in [0.15, 0.2) is 64.2 Å². The van der Waals surface area contributed by atoms with E-state index in [9.17, 15) is 14.0 Å². The molecular formula is C17H13ClFN3O2. The molecule has 0 fully saturated rings. The van der Waals surface area contributed by atoms with Crippen molar-refractivity contribution in [2.24, 2.45) is 0 Å². The standard InChI is InChI=1S/C17H13ClFN3O2/c18-13-8-12(6-7-14(13)19)20-15-9-16(23)22(17(24)21-15)10-11-4-2-1-3-5-11/h1-9,20H,10H2,(H,21,24). The summed E-state index contributed by atoms with van der Waals surface area (Å²) in [7, 11) is 0. The van der Waals surface area contributed by atoms with Gasteiger partial charge in [0.05, 0.1) is 11.6 Å². The van der Waals surface area contributed by atoms with Gasteiger partial charge in [0.15, 0.2) is 0 Å². The highest BCUT2D eigenvalue weighted by Crippen LogP contribution is 2.21. The number of anilines is 2. The number of hydrogen-bond donors (Lipinski definition) is 2. The molecular weight excluding hydrogens is 333 g/mol. The monoisotopic (exact) mass is 345 g/mol. The smallest absolute Gasteiger partial charge is 0.330 e. The van der Waals surface area contributed by atoms with Crippen LogP contribution in [-0.2, 0) is 6.54 Å². The van der Waals surface area contributed by atoms with Gasteiger partial charge in [-0.25, -0.2) is 9.18 Å². The van der Waals surface area contributed by atoms with E-state index in [0.717, 1.165) is 10.1 Å². The van der Waals surface area contributed by atoms with Gasteiger partial charge in [0.25, 0.3) is 5.56 Å². The van der Waals surface area contributed by atoms with Crippen molar-refractivity contribution in [1.29, 1.82) is 0 Å². The molecule has 0 saturated carbocycles. The summed E-state index contributed by atoms with van der Waals surface area (Å²) < 4.78 is 14.3. The minimum atomic E-state index is -0.547. The highest BCUT2D eigenvalue weighted by molar-refractivity contribution is 6.31. The number of benzene rings is 2. The van der Waals surface area contributed by atoms with E-state index in [2.05, 4.69) is 10.3 Å². The molecule has 1 heterocycles. The van der Waals surface area contributed by atoms with E-state index < -0.39 is 17.1 Å². The maximum absolute atomic E-state index is 13.2. The topological polar surface area (TPSA) is 66.9 Å². The molecule has 0 bridgehead atoms. The zero-order valence-electron chi connectivity index (χ0n) is 12.4. The van der Waals surface area contributed by atoms with Gasteiger partial charge in [-0.15, -0.1) is 0 Å². The van der Waals surface area contributed by atoms with E-state index >= 15 is 0 Å². The molecule has 24 heavy (non-hydrogen) atoms. The van der Waals surface area contributed by atoms with E-state index in [-0.39, 0.29) is 17.4 Å². The van der Waals surface area contributed by atoms with Crippen LogP contribution in [0.25, 0.3) is 0 Å². The van der Waals surface area contributed by atoms with Crippen LogP contribution >= 0.6 is 11.6 Å². The molecule has 0 saturated heterocycles. The zero-order chi connectivity index (χ0) is 17.1. The number of rotatable bonds is 4. The quantitative estimate of drug-likeness (QED) is 0.763. The fraction of sp³-hybridized carbons (Fsp3) is 0.0588. The van der Waals surface area contributed by atoms with Crippen LogP contribution in [0.5, 0.6) is 0 Å². The number of hydrogen-bond acceptors (Lipinski definition) is 3. The summed E-state index contributed by atoms with van der Waals surface area (Å²) in [6, 6.07) is 14.5. The Morgan fingerprint density at radius 3 is 2.50 bits per heavy atom. The first-order valence-electron chi connectivity index (χ1n) is 7.13. The molecule has 0 atom stereocenters. The minimum Gasteiger partial charge on any atom is -0.341 e. The maximum atomic E-state index is 13.2. The van der Waals surface area contributed by atoms with Crippen molar-refractivity contribution in [3.8, 4) is 0 Å². The van der Waals surface area contributed by atoms with Crippen LogP contribution in [0, 0.1) is 5.82 Å². The van der Waals surface area contributed by atoms with Gasteiger partial charge >= 0.3 is 5.69 Å². The first-order valence-corrected chi connectivity index (χ1v) is 7.51. The summed E-state index contributed by atoms with van der Waals surface area (Å²) >= 11 is 5.71. The fourth-order valence-corrected chi connectivity index (χ4v) is 2.41. The molecule has 0 aliphatic heterocycles. The van der Waals surface area contributed by atoms with Crippen LogP contribution in [-0.4, -0.2) is 9.55 Å². The predicted octanol–water partition coefficient (Wildman–Crippen LogP) is 3.12. The molecule has 2 aromatic carbocycles. The molecule has 0 amide bonds. The van der Waals surface area contributed by atoms with Crippen LogP contribution in [0.2, 0.25) is 5.02 Å². The Balaban J connectivity index is 1.88. The van der Waals surface area contributed by atoms with Crippen LogP contribution < -0.4 is 16.6 Å². The van der Waals surface area contributed by atoms with Gasteiger partial charge in [0.1, 0.15) is 11.6 Å². The van der Waals surface area contributed by atoms with Crippen LogP contribution in [0.3, 0.4) is 0 Å². The largest absolute Gasteiger partial charge is 0.341 e. The molecule has 0 spiro atoms. The normalized spacial score (nSPS) is 10.6. The van der Waals surface area contributed by atoms with Gasteiger partial charge in [0.2, 0.25) is 0 Å². The Bertz CT molecular complexity index is 952. The molecule has 122 valence electrons. The second kappa shape index (κ2) is 6.72. The summed E-state index contributed by atoms with van der Waals surface area (Å²) in [5, 5.41) is 2.77. The summed E-state index contributed by atoms with van der Waals surface area (Å²) in [5.41, 5.74) is 0.314. The third-order valence-electron chi connectivity index (χ3n) is 3.40. The van der Waals surface area contributed by atoms with Gasteiger partial charge in [-0.3, -0.25) is 14.3 Å². The number of nitrogens with one attached hydrogen (secondary N) is 2. The SMILES string of the molecule is O=c1cc(Nc2ccc(F)c(Cl)c2)[nH]c(=O)n1Cc1ccccc1. The number of halogens is 2. The average molecular weight is 346 g/mol. The lowest BCUT2D eigenvalue weighted by molar-refractivity contribution is 0.628. The highest BCUT2D eigenvalue weighted by atomic mass is 35.5. The molecule has 0 aliphatic rings. The van der Waals surface area contributed by atoms with Crippen molar-refractivity contribution in [3.63, 3.8) is 0 Å². The van der Waals surface area contributed by atoms with Crippen LogP contribution in [0.1, 0.15) is 5.56 Å². The lowest BCUT2D eigenvalue weighted by Crippen LogP contribution is -2.35. The van der Waals surface area contributed by atoms with Gasteiger partial charge in [-0.05, 0) is 23.8 Å². The lowest BCUT2D eigenvalue weighted by Gasteiger charge is -2.09. The molecule has 3 rings (SSSR count). The Morgan fingerprint density at radius 1 is 1.08 bits per heavy atom. The average Bonchev–Trinajstić information content (AvgIpc) is 2.55. The Kier molecular flexibility index (Phi) is 4.48. The molecule has 1 aromatic heterocycles. The number of nitrogens with zero attached hydrogens (tertiary/aromatic N) is 1. The van der Waals surface area contributed by atoms with E-state index in [0.29, 0.717) is 5.69 Å². The maximum Gasteiger partial charge on any atom is 0.330 e. The Hall–Kier alpha value is -2.86. The molecule has 7 heteroatoms. The van der Waals surface area contributed by atoms with E-state index in [1.807, 2.05) is 30.3 Å². The number of aromatic nitrogens is 2. The van der Waals surface area contributed by atoms with E-state index in [1.165, 1.54) is 24.3 Å². The van der Waals surface area contributed by atoms with E-state index in [4.69, 9.17) is 11.6 Å². The molecule has 0 aliphatic carbocycles. The predicted molar refractivity (Wildman–Crippen MR) is 91.6 cm³/mol. The van der Waals surface area contributed by atoms with Crippen molar-refractivity contribution in [2.75, 3.05) is 5.32 Å². The third-order valence-corrected chi connectivity index (χ3v) is 3.69. The number of H-pyrrole nitrogens is 1. The lowest BCUT2D eigenvalue weighted by atomic mass is 10.2. The summed E-state index contributed by atoms with van der Waals surface area (Å²) in [6.45, 7) is 0.178. The molecule has 2 N–H and O–H groups in total. The summed E-state index contributed by atoms with van der Waals surface area (Å²) in [5.74, 6) is -0.342. The molecule has 0 radical (unpaired) electrons. The molecule has 3 aromatic rings. The zero-order valence-corrected chi connectivity index (χ0v) is 13.2. The van der Waals surface area contributed by atoms with Crippen molar-refractivity contribution in [3.05, 3.63) is 91.8 Å². The fourth-order valence-electron chi connectivity index (χ4n) is 2.23. The van der Waals surface area contributed by atoms with Crippen molar-refractivity contribution in [2.45, 2.75) is 6.54 Å². The summed E-state index contributed by atoms with van der Waals surface area (Å²) in [6.07, 6.45) is 0. The van der Waals surface area contributed by atoms with Gasteiger partial charge in [0, 0.05) is 11.8 Å². The van der Waals surface area contributed by atoms with E-state index in [1.54, 1.807) is 0 Å². The number of aromatic amines is 1. The van der Waals surface area contributed by atoms with Crippen molar-refractivity contribution >= 4 is 23.1 Å². The highest BCUT2D eigenvalue weighted by Gasteiger charge is 2.07. The van der Waals surface area contributed by atoms with Gasteiger partial charge in [-0.2, -0.15) is 0 Å². The van der Waals surface area contributed by atoms with Gasteiger partial charge in [-0.1, -0.05) is 41.9 Å². The minimum absolute atomic E-state index is 0.0558. The Morgan fingerprint density at radius 2 is 1.83 bits per heavy atom. The molecule has 0 unspecified atom stereocenters. The molecule has 5 nitrogen and oxygen atoms in total. The third kappa shape index (κ3) is 3.55. The second-order valence-electron chi connectivity index (χ2n) is 5.15. The van der Waals surface area contributed by atoms with Crippen LogP contribution in [0.4, 0.5) is 15.9 Å². The van der Waals surface area contributed by atoms with Crippen molar-refractivity contribution in [1.82, 2.24) is 9.55 Å². The Labute approximate surface area is 141 Å². The first-order chi connectivity index (χ1) is 11.5. The van der Waals surface area contributed by atoms with Crippen molar-refractivity contribution < 1.29 is 4.39 Å².